The number of fused-ring (bicyclic) bond motifs is 1. The lowest BCUT2D eigenvalue weighted by Gasteiger charge is -2.39. The van der Waals surface area contributed by atoms with Crippen molar-refractivity contribution >= 4 is 11.0 Å². The Hall–Kier alpha value is -2.80. The number of aromatic nitrogens is 3. The van der Waals surface area contributed by atoms with Gasteiger partial charge in [-0.25, -0.2) is 9.97 Å². The average Bonchev–Trinajstić information content (AvgIpc) is 3.38. The van der Waals surface area contributed by atoms with Crippen molar-refractivity contribution in [2.45, 2.75) is 69.7 Å². The number of piperidine rings is 1. The summed E-state index contributed by atoms with van der Waals surface area (Å²) in [7, 11) is 0. The Morgan fingerprint density at radius 3 is 2.51 bits per heavy atom. The number of nitrogens with one attached hydrogen (secondary N) is 1. The minimum atomic E-state index is -4.80. The predicted octanol–water partition coefficient (Wildman–Crippen LogP) is 5.05. The lowest BCUT2D eigenvalue weighted by molar-refractivity contribution is -0.157. The molecule has 0 radical (unpaired) electrons. The molecule has 2 N–H and O–H groups in total. The van der Waals surface area contributed by atoms with Crippen LogP contribution in [0.4, 0.5) is 26.3 Å². The third-order valence-corrected chi connectivity index (χ3v) is 5.93. The van der Waals surface area contributed by atoms with Gasteiger partial charge in [0.05, 0.1) is 22.9 Å². The molecule has 0 aliphatic carbocycles. The zero-order valence-corrected chi connectivity index (χ0v) is 19.0. The minimum Gasteiger partial charge on any atom is -0.492 e. The zero-order chi connectivity index (χ0) is 25.8. The van der Waals surface area contributed by atoms with Gasteiger partial charge in [-0.1, -0.05) is 0 Å². The first kappa shape index (κ1) is 25.3. The Morgan fingerprint density at radius 2 is 1.91 bits per heavy atom. The third kappa shape index (κ3) is 5.10. The van der Waals surface area contributed by atoms with Crippen LogP contribution in [-0.2, 0) is 18.0 Å². The van der Waals surface area contributed by atoms with Gasteiger partial charge in [0.2, 0.25) is 0 Å². The van der Waals surface area contributed by atoms with Crippen molar-refractivity contribution < 1.29 is 40.6 Å². The van der Waals surface area contributed by atoms with E-state index in [2.05, 4.69) is 19.7 Å². The second kappa shape index (κ2) is 8.70. The van der Waals surface area contributed by atoms with Crippen LogP contribution in [0.3, 0.4) is 0 Å². The van der Waals surface area contributed by atoms with E-state index in [9.17, 15) is 31.4 Å². The zero-order valence-electron chi connectivity index (χ0n) is 19.0. The number of ether oxygens (including phenoxy) is 1. The number of nitrogens with zero attached hydrogens (tertiary/aromatic N) is 3. The Morgan fingerprint density at radius 1 is 1.20 bits per heavy atom. The highest BCUT2D eigenvalue weighted by Crippen LogP contribution is 2.40. The molecule has 0 amide bonds. The number of imidazole rings is 1. The lowest BCUT2D eigenvalue weighted by Crippen LogP contribution is -2.53. The molecule has 3 heterocycles. The molecule has 7 nitrogen and oxygen atoms in total. The summed E-state index contributed by atoms with van der Waals surface area (Å²) in [4.78, 5) is 7.49. The number of aliphatic hydroxyl groups is 1. The third-order valence-electron chi connectivity index (χ3n) is 5.93. The van der Waals surface area contributed by atoms with Crippen LogP contribution < -0.4 is 10.1 Å². The van der Waals surface area contributed by atoms with E-state index in [0.29, 0.717) is 0 Å². The van der Waals surface area contributed by atoms with Gasteiger partial charge in [-0.05, 0) is 33.3 Å². The second-order valence-electron chi connectivity index (χ2n) is 9.13. The second-order valence-corrected chi connectivity index (χ2v) is 9.13. The van der Waals surface area contributed by atoms with Gasteiger partial charge in [0.1, 0.15) is 29.9 Å². The maximum absolute atomic E-state index is 13.8. The van der Waals surface area contributed by atoms with Crippen LogP contribution in [-0.4, -0.2) is 38.3 Å². The summed E-state index contributed by atoms with van der Waals surface area (Å²) in [5.41, 5.74) is -2.82. The smallest absolute Gasteiger partial charge is 0.468 e. The summed E-state index contributed by atoms with van der Waals surface area (Å²) < 4.78 is 91.6. The number of benzene rings is 1. The number of oxazole rings is 1. The van der Waals surface area contributed by atoms with Gasteiger partial charge in [0.25, 0.3) is 0 Å². The number of alkyl halides is 6. The number of rotatable bonds is 5. The molecule has 13 heteroatoms. The summed E-state index contributed by atoms with van der Waals surface area (Å²) in [6, 6.07) is 1.12. The van der Waals surface area contributed by atoms with Crippen molar-refractivity contribution in [1.29, 1.82) is 0 Å². The fourth-order valence-electron chi connectivity index (χ4n) is 4.48. The van der Waals surface area contributed by atoms with Crippen molar-refractivity contribution in [2.75, 3.05) is 6.61 Å². The molecule has 3 aromatic rings. The fraction of sp³-hybridized carbons (Fsp3) is 0.545. The van der Waals surface area contributed by atoms with E-state index in [1.807, 2.05) is 0 Å². The Labute approximate surface area is 196 Å². The molecule has 0 bridgehead atoms. The number of halogens is 6. The molecule has 1 fully saturated rings. The maximum atomic E-state index is 13.8. The maximum Gasteiger partial charge on any atom is 0.468 e. The van der Waals surface area contributed by atoms with Crippen LogP contribution >= 0.6 is 0 Å². The van der Waals surface area contributed by atoms with Crippen molar-refractivity contribution in [3.63, 3.8) is 0 Å². The normalized spacial score (nSPS) is 23.9. The van der Waals surface area contributed by atoms with E-state index in [4.69, 9.17) is 4.74 Å². The monoisotopic (exact) mass is 506 g/mol. The van der Waals surface area contributed by atoms with Gasteiger partial charge in [-0.3, -0.25) is 0 Å². The van der Waals surface area contributed by atoms with E-state index in [0.717, 1.165) is 12.3 Å². The van der Waals surface area contributed by atoms with Gasteiger partial charge < -0.3 is 24.1 Å². The first-order valence-corrected chi connectivity index (χ1v) is 10.9. The molecular weight excluding hydrogens is 482 g/mol. The van der Waals surface area contributed by atoms with Crippen molar-refractivity contribution in [3.8, 4) is 5.75 Å². The minimum absolute atomic E-state index is 0.0508. The summed E-state index contributed by atoms with van der Waals surface area (Å²) in [6.07, 6.45) is -7.36. The van der Waals surface area contributed by atoms with E-state index in [1.54, 1.807) is 20.8 Å². The number of hydrogen-bond acceptors (Lipinski definition) is 6. The van der Waals surface area contributed by atoms with E-state index in [-0.39, 0.29) is 54.0 Å². The summed E-state index contributed by atoms with van der Waals surface area (Å²) in [5, 5.41) is 14.2. The van der Waals surface area contributed by atoms with E-state index in [1.165, 1.54) is 17.0 Å². The Bertz CT molecular complexity index is 1200. The molecule has 2 aromatic heterocycles. The van der Waals surface area contributed by atoms with Gasteiger partial charge in [0.15, 0.2) is 0 Å². The topological polar surface area (TPSA) is 85.3 Å². The van der Waals surface area contributed by atoms with Crippen LogP contribution in [0.5, 0.6) is 5.75 Å². The SMILES string of the molecule is CC(C)n1cnc2cc(OC[C@@H]3C[C@](O)(c4coc(C(F)(F)F)n4)C[C@H](C)N3)cc(C(F)(F)F)c21. The molecule has 1 aliphatic rings. The van der Waals surface area contributed by atoms with Gasteiger partial charge in [0, 0.05) is 30.6 Å². The van der Waals surface area contributed by atoms with Crippen LogP contribution in [0.25, 0.3) is 11.0 Å². The quantitative estimate of drug-likeness (QED) is 0.471. The summed E-state index contributed by atoms with van der Waals surface area (Å²) in [5.74, 6) is -1.53. The molecular formula is C22H24F6N4O3. The highest BCUT2D eigenvalue weighted by molar-refractivity contribution is 5.81. The molecule has 1 saturated heterocycles. The highest BCUT2D eigenvalue weighted by atomic mass is 19.4. The van der Waals surface area contributed by atoms with Gasteiger partial charge in [-0.2, -0.15) is 26.3 Å². The van der Waals surface area contributed by atoms with Crippen molar-refractivity contribution in [3.05, 3.63) is 41.9 Å². The van der Waals surface area contributed by atoms with Crippen molar-refractivity contribution in [2.24, 2.45) is 0 Å². The Balaban J connectivity index is 1.56. The molecule has 0 saturated carbocycles. The van der Waals surface area contributed by atoms with Crippen LogP contribution in [0.2, 0.25) is 0 Å². The van der Waals surface area contributed by atoms with E-state index >= 15 is 0 Å². The largest absolute Gasteiger partial charge is 0.492 e. The molecule has 0 unspecified atom stereocenters. The summed E-state index contributed by atoms with van der Waals surface area (Å²) >= 11 is 0. The fourth-order valence-corrected chi connectivity index (χ4v) is 4.48. The molecule has 0 spiro atoms. The predicted molar refractivity (Wildman–Crippen MR) is 112 cm³/mol. The summed E-state index contributed by atoms with van der Waals surface area (Å²) in [6.45, 7) is 5.06. The van der Waals surface area contributed by atoms with Crippen molar-refractivity contribution in [1.82, 2.24) is 19.9 Å². The van der Waals surface area contributed by atoms with Crippen LogP contribution in [0.1, 0.15) is 56.8 Å². The first-order valence-electron chi connectivity index (χ1n) is 10.9. The highest BCUT2D eigenvalue weighted by Gasteiger charge is 2.44. The molecule has 1 aromatic carbocycles. The standard InChI is InChI=1S/C22H24F6N4O3/c1-11(2)32-10-29-16-5-14(4-15(18(16)32)21(23,24)25)34-8-13-7-20(33,6-12(3)30-13)17-9-35-19(31-17)22(26,27)28/h4-5,9-13,30,33H,6-8H2,1-3H3/t12-,13-,20-/m0/s1. The Kier molecular flexibility index (Phi) is 6.29. The molecule has 3 atom stereocenters. The first-order chi connectivity index (χ1) is 16.2. The van der Waals surface area contributed by atoms with Crippen LogP contribution in [0.15, 0.2) is 29.1 Å². The van der Waals surface area contributed by atoms with E-state index < -0.39 is 35.4 Å². The van der Waals surface area contributed by atoms with Gasteiger partial charge in [-0.15, -0.1) is 0 Å². The van der Waals surface area contributed by atoms with Gasteiger partial charge >= 0.3 is 18.2 Å². The van der Waals surface area contributed by atoms with Crippen LogP contribution in [0, 0.1) is 0 Å². The molecule has 1 aliphatic heterocycles. The number of hydrogen-bond donors (Lipinski definition) is 2. The lowest BCUT2D eigenvalue weighted by atomic mass is 9.82. The molecule has 192 valence electrons. The average molecular weight is 506 g/mol. The molecule has 35 heavy (non-hydrogen) atoms. The molecule has 4 rings (SSSR count).